The van der Waals surface area contributed by atoms with Crippen LogP contribution in [0.5, 0.6) is 0 Å². The molecule has 1 saturated heterocycles. The summed E-state index contributed by atoms with van der Waals surface area (Å²) < 4.78 is 0. The van der Waals surface area contributed by atoms with Crippen LogP contribution in [0.1, 0.15) is 15.2 Å². The van der Waals surface area contributed by atoms with Crippen molar-refractivity contribution in [2.75, 3.05) is 31.1 Å². The molecule has 3 rings (SSSR count). The van der Waals surface area contributed by atoms with Crippen LogP contribution >= 0.6 is 11.3 Å². The Hall–Kier alpha value is -1.96. The average Bonchev–Trinajstić information content (AvgIpc) is 3.06. The Morgan fingerprint density at radius 1 is 1.23 bits per heavy atom. The van der Waals surface area contributed by atoms with Gasteiger partial charge in [0.25, 0.3) is 5.91 Å². The van der Waals surface area contributed by atoms with Crippen molar-refractivity contribution in [3.8, 4) is 0 Å². The van der Waals surface area contributed by atoms with Gasteiger partial charge >= 0.3 is 0 Å². The fraction of sp³-hybridized carbons (Fsp3) is 0.333. The summed E-state index contributed by atoms with van der Waals surface area (Å²) in [5.41, 5.74) is 2.96. The molecule has 22 heavy (non-hydrogen) atoms. The highest BCUT2D eigenvalue weighted by atomic mass is 32.1. The van der Waals surface area contributed by atoms with Crippen molar-refractivity contribution in [1.82, 2.24) is 15.4 Å². The van der Waals surface area contributed by atoms with Gasteiger partial charge in [0.15, 0.2) is 5.13 Å². The molecule has 2 heterocycles. The van der Waals surface area contributed by atoms with Crippen LogP contribution in [0, 0.1) is 0 Å². The molecule has 116 valence electrons. The molecule has 1 aliphatic rings. The topological polar surface area (TPSA) is 68.7 Å². The van der Waals surface area contributed by atoms with Crippen LogP contribution in [0.2, 0.25) is 0 Å². The van der Waals surface area contributed by atoms with E-state index in [-0.39, 0.29) is 0 Å². The molecule has 0 unspecified atom stereocenters. The highest BCUT2D eigenvalue weighted by Gasteiger charge is 2.20. The lowest BCUT2D eigenvalue weighted by molar-refractivity contribution is 0.0710. The maximum absolute atomic E-state index is 11.3. The SMILES string of the molecule is O=C(NO)c1cnc(N2CCN(Cc3ccccc3)CC2)s1. The monoisotopic (exact) mass is 318 g/mol. The zero-order valence-electron chi connectivity index (χ0n) is 12.1. The van der Waals surface area contributed by atoms with E-state index >= 15 is 0 Å². The summed E-state index contributed by atoms with van der Waals surface area (Å²) >= 11 is 1.30. The van der Waals surface area contributed by atoms with Gasteiger partial charge in [-0.15, -0.1) is 0 Å². The Labute approximate surface area is 133 Å². The van der Waals surface area contributed by atoms with Crippen molar-refractivity contribution < 1.29 is 10.0 Å². The molecule has 1 aromatic carbocycles. The minimum Gasteiger partial charge on any atom is -0.346 e. The number of amides is 1. The summed E-state index contributed by atoms with van der Waals surface area (Å²) in [4.78, 5) is 20.6. The number of hydroxylamine groups is 1. The Kier molecular flexibility index (Phi) is 4.67. The fourth-order valence-corrected chi connectivity index (χ4v) is 3.37. The molecule has 0 bridgehead atoms. The highest BCUT2D eigenvalue weighted by Crippen LogP contribution is 2.23. The van der Waals surface area contributed by atoms with Gasteiger partial charge in [0.1, 0.15) is 4.88 Å². The molecule has 0 radical (unpaired) electrons. The normalized spacial score (nSPS) is 15.8. The van der Waals surface area contributed by atoms with Gasteiger partial charge in [-0.05, 0) is 5.56 Å². The molecule has 2 N–H and O–H groups in total. The Bertz CT molecular complexity index is 623. The number of thiazole rings is 1. The van der Waals surface area contributed by atoms with Crippen molar-refractivity contribution in [3.05, 3.63) is 47.0 Å². The average molecular weight is 318 g/mol. The van der Waals surface area contributed by atoms with E-state index in [1.54, 1.807) is 5.48 Å². The van der Waals surface area contributed by atoms with Crippen LogP contribution in [-0.2, 0) is 6.54 Å². The molecule has 1 fully saturated rings. The zero-order valence-corrected chi connectivity index (χ0v) is 12.9. The third-order valence-electron chi connectivity index (χ3n) is 3.71. The maximum atomic E-state index is 11.3. The summed E-state index contributed by atoms with van der Waals surface area (Å²) in [6, 6.07) is 10.5. The minimum atomic E-state index is -0.508. The van der Waals surface area contributed by atoms with Gasteiger partial charge in [0.2, 0.25) is 0 Å². The first-order valence-corrected chi connectivity index (χ1v) is 7.99. The highest BCUT2D eigenvalue weighted by molar-refractivity contribution is 7.17. The van der Waals surface area contributed by atoms with E-state index in [9.17, 15) is 4.79 Å². The number of piperazine rings is 1. The second-order valence-corrected chi connectivity index (χ2v) is 6.21. The molecule has 1 aromatic heterocycles. The number of anilines is 1. The second kappa shape index (κ2) is 6.87. The van der Waals surface area contributed by atoms with Crippen LogP contribution < -0.4 is 10.4 Å². The Balaban J connectivity index is 1.55. The quantitative estimate of drug-likeness (QED) is 0.662. The van der Waals surface area contributed by atoms with Gasteiger partial charge in [0.05, 0.1) is 6.20 Å². The van der Waals surface area contributed by atoms with Gasteiger partial charge < -0.3 is 4.90 Å². The lowest BCUT2D eigenvalue weighted by Crippen LogP contribution is -2.45. The number of carbonyl (C=O) groups excluding carboxylic acids is 1. The summed E-state index contributed by atoms with van der Waals surface area (Å²) in [6.07, 6.45) is 1.50. The smallest absolute Gasteiger partial charge is 0.286 e. The predicted octanol–water partition coefficient (Wildman–Crippen LogP) is 1.58. The molecule has 7 heteroatoms. The van der Waals surface area contributed by atoms with E-state index in [0.717, 1.165) is 37.9 Å². The predicted molar refractivity (Wildman–Crippen MR) is 85.3 cm³/mol. The van der Waals surface area contributed by atoms with E-state index in [4.69, 9.17) is 5.21 Å². The molecular weight excluding hydrogens is 300 g/mol. The molecule has 0 atom stereocenters. The Morgan fingerprint density at radius 3 is 2.64 bits per heavy atom. The minimum absolute atomic E-state index is 0.421. The summed E-state index contributed by atoms with van der Waals surface area (Å²) in [7, 11) is 0. The van der Waals surface area contributed by atoms with Crippen LogP contribution in [0.4, 0.5) is 5.13 Å². The van der Waals surface area contributed by atoms with Gasteiger partial charge in [-0.3, -0.25) is 14.9 Å². The fourth-order valence-electron chi connectivity index (χ4n) is 2.51. The van der Waals surface area contributed by atoms with Crippen molar-refractivity contribution in [3.63, 3.8) is 0 Å². The lowest BCUT2D eigenvalue weighted by atomic mass is 10.2. The number of aromatic nitrogens is 1. The summed E-state index contributed by atoms with van der Waals surface area (Å²) in [5, 5.41) is 9.47. The number of benzene rings is 1. The van der Waals surface area contributed by atoms with E-state index in [1.807, 2.05) is 6.07 Å². The van der Waals surface area contributed by atoms with E-state index in [1.165, 1.54) is 23.1 Å². The van der Waals surface area contributed by atoms with Crippen LogP contribution in [0.15, 0.2) is 36.5 Å². The first-order valence-electron chi connectivity index (χ1n) is 7.18. The maximum Gasteiger partial charge on any atom is 0.286 e. The van der Waals surface area contributed by atoms with Gasteiger partial charge in [0, 0.05) is 32.7 Å². The van der Waals surface area contributed by atoms with Gasteiger partial charge in [-0.1, -0.05) is 41.7 Å². The molecule has 1 aliphatic heterocycles. The number of nitrogens with one attached hydrogen (secondary N) is 1. The number of hydrogen-bond acceptors (Lipinski definition) is 6. The lowest BCUT2D eigenvalue weighted by Gasteiger charge is -2.34. The third-order valence-corrected chi connectivity index (χ3v) is 4.77. The van der Waals surface area contributed by atoms with Crippen LogP contribution in [0.3, 0.4) is 0 Å². The van der Waals surface area contributed by atoms with Crippen LogP contribution in [0.25, 0.3) is 0 Å². The molecule has 0 spiro atoms. The number of nitrogens with zero attached hydrogens (tertiary/aromatic N) is 3. The molecule has 2 aromatic rings. The molecule has 0 saturated carbocycles. The molecule has 0 aliphatic carbocycles. The third kappa shape index (κ3) is 3.44. The number of rotatable bonds is 4. The number of carbonyl (C=O) groups is 1. The van der Waals surface area contributed by atoms with E-state index in [2.05, 4.69) is 39.0 Å². The Morgan fingerprint density at radius 2 is 1.95 bits per heavy atom. The zero-order chi connectivity index (χ0) is 15.4. The summed E-state index contributed by atoms with van der Waals surface area (Å²) in [6.45, 7) is 4.68. The van der Waals surface area contributed by atoms with Crippen molar-refractivity contribution >= 4 is 22.4 Å². The first-order chi connectivity index (χ1) is 10.8. The molecular formula is C15H18N4O2S. The van der Waals surface area contributed by atoms with E-state index in [0.29, 0.717) is 4.88 Å². The second-order valence-electron chi connectivity index (χ2n) is 5.20. The first kappa shape index (κ1) is 15.0. The molecule has 6 nitrogen and oxygen atoms in total. The standard InChI is InChI=1S/C15H18N4O2S/c20-14(17-21)13-10-16-15(22-13)19-8-6-18(7-9-19)11-12-4-2-1-3-5-12/h1-5,10,21H,6-9,11H2,(H,17,20). The number of hydrogen-bond donors (Lipinski definition) is 2. The van der Waals surface area contributed by atoms with Crippen molar-refractivity contribution in [1.29, 1.82) is 0 Å². The van der Waals surface area contributed by atoms with E-state index < -0.39 is 5.91 Å². The largest absolute Gasteiger partial charge is 0.346 e. The van der Waals surface area contributed by atoms with Crippen LogP contribution in [-0.4, -0.2) is 47.2 Å². The molecule has 1 amide bonds. The van der Waals surface area contributed by atoms with Gasteiger partial charge in [-0.2, -0.15) is 0 Å². The van der Waals surface area contributed by atoms with Crippen molar-refractivity contribution in [2.24, 2.45) is 0 Å². The van der Waals surface area contributed by atoms with Crippen molar-refractivity contribution in [2.45, 2.75) is 6.54 Å². The summed E-state index contributed by atoms with van der Waals surface area (Å²) in [5.74, 6) is -0.508. The van der Waals surface area contributed by atoms with Gasteiger partial charge in [-0.25, -0.2) is 10.5 Å².